The third kappa shape index (κ3) is 3.16. The summed E-state index contributed by atoms with van der Waals surface area (Å²) in [5, 5.41) is 10.6. The fourth-order valence-electron chi connectivity index (χ4n) is 3.57. The number of aromatic nitrogens is 1. The maximum absolute atomic E-state index is 9.55. The Hall–Kier alpha value is -2.12. The van der Waals surface area contributed by atoms with Crippen molar-refractivity contribution in [2.45, 2.75) is 32.7 Å². The van der Waals surface area contributed by atoms with E-state index in [9.17, 15) is 5.26 Å². The van der Waals surface area contributed by atoms with Crippen LogP contribution in [0.2, 0.25) is 0 Å². The highest BCUT2D eigenvalue weighted by Gasteiger charge is 2.26. The first-order chi connectivity index (χ1) is 11.3. The third-order valence-corrected chi connectivity index (χ3v) is 4.84. The summed E-state index contributed by atoms with van der Waals surface area (Å²) in [4.78, 5) is 9.60. The Labute approximate surface area is 138 Å². The Balaban J connectivity index is 1.94. The molecule has 0 unspecified atom stereocenters. The van der Waals surface area contributed by atoms with E-state index >= 15 is 0 Å². The molecule has 1 aliphatic heterocycles. The van der Waals surface area contributed by atoms with Crippen LogP contribution in [0.15, 0.2) is 30.3 Å². The molecule has 1 saturated heterocycles. The molecule has 0 N–H and O–H groups in total. The Bertz CT molecular complexity index is 719. The SMILES string of the molecule is CCN(C[C@@H]1CCCN1CC)c1nc2ccccc2cc1C#N. The number of nitriles is 1. The van der Waals surface area contributed by atoms with Crippen molar-refractivity contribution in [1.82, 2.24) is 9.88 Å². The van der Waals surface area contributed by atoms with Crippen LogP contribution < -0.4 is 4.90 Å². The number of likely N-dealkylation sites (N-methyl/N-ethyl adjacent to an activating group) is 2. The standard InChI is InChI=1S/C19H24N4/c1-3-22-11-7-9-17(22)14-23(4-2)19-16(13-20)12-15-8-5-6-10-18(15)21-19/h5-6,8,10,12,17H,3-4,7,9,11,14H2,1-2H3/t17-/m0/s1. The van der Waals surface area contributed by atoms with Gasteiger partial charge in [0.25, 0.3) is 0 Å². The van der Waals surface area contributed by atoms with Gasteiger partial charge in [-0.25, -0.2) is 4.98 Å². The van der Waals surface area contributed by atoms with E-state index in [2.05, 4.69) is 29.7 Å². The number of hydrogen-bond donors (Lipinski definition) is 0. The van der Waals surface area contributed by atoms with Crippen LogP contribution in [-0.4, -0.2) is 42.1 Å². The van der Waals surface area contributed by atoms with Crippen LogP contribution in [0.5, 0.6) is 0 Å². The topological polar surface area (TPSA) is 43.2 Å². The van der Waals surface area contributed by atoms with Crippen LogP contribution in [0.25, 0.3) is 10.9 Å². The lowest BCUT2D eigenvalue weighted by Gasteiger charge is -2.30. The van der Waals surface area contributed by atoms with Gasteiger partial charge in [0.05, 0.1) is 11.1 Å². The monoisotopic (exact) mass is 308 g/mol. The Morgan fingerprint density at radius 1 is 1.35 bits per heavy atom. The van der Waals surface area contributed by atoms with Gasteiger partial charge in [-0.1, -0.05) is 25.1 Å². The average molecular weight is 308 g/mol. The second kappa shape index (κ2) is 6.97. The second-order valence-electron chi connectivity index (χ2n) is 6.13. The van der Waals surface area contributed by atoms with E-state index in [0.29, 0.717) is 11.6 Å². The highest BCUT2D eigenvalue weighted by atomic mass is 15.3. The van der Waals surface area contributed by atoms with E-state index in [0.717, 1.165) is 36.4 Å². The Morgan fingerprint density at radius 2 is 2.17 bits per heavy atom. The number of hydrogen-bond acceptors (Lipinski definition) is 4. The normalized spacial score (nSPS) is 18.2. The van der Waals surface area contributed by atoms with Crippen LogP contribution >= 0.6 is 0 Å². The Morgan fingerprint density at radius 3 is 2.91 bits per heavy atom. The summed E-state index contributed by atoms with van der Waals surface area (Å²) in [6.07, 6.45) is 2.51. The summed E-state index contributed by atoms with van der Waals surface area (Å²) in [6, 6.07) is 12.9. The van der Waals surface area contributed by atoms with E-state index in [-0.39, 0.29) is 0 Å². The maximum Gasteiger partial charge on any atom is 0.147 e. The first kappa shape index (κ1) is 15.8. The molecule has 1 fully saturated rings. The number of fused-ring (bicyclic) bond motifs is 1. The zero-order valence-electron chi connectivity index (χ0n) is 14.0. The van der Waals surface area contributed by atoms with E-state index < -0.39 is 0 Å². The molecule has 3 rings (SSSR count). The predicted octanol–water partition coefficient (Wildman–Crippen LogP) is 3.42. The predicted molar refractivity (Wildman–Crippen MR) is 94.6 cm³/mol. The quantitative estimate of drug-likeness (QED) is 0.849. The van der Waals surface area contributed by atoms with Crippen molar-refractivity contribution < 1.29 is 0 Å². The lowest BCUT2D eigenvalue weighted by Crippen LogP contribution is -2.41. The van der Waals surface area contributed by atoms with Gasteiger partial charge in [0, 0.05) is 24.5 Å². The fourth-order valence-corrected chi connectivity index (χ4v) is 3.57. The molecule has 23 heavy (non-hydrogen) atoms. The van der Waals surface area contributed by atoms with Gasteiger partial charge in [-0.15, -0.1) is 0 Å². The number of benzene rings is 1. The summed E-state index contributed by atoms with van der Waals surface area (Å²) in [5.74, 6) is 0.830. The maximum atomic E-state index is 9.55. The van der Waals surface area contributed by atoms with Crippen molar-refractivity contribution in [3.05, 3.63) is 35.9 Å². The molecule has 1 atom stereocenters. The molecule has 0 aliphatic carbocycles. The first-order valence-electron chi connectivity index (χ1n) is 8.55. The summed E-state index contributed by atoms with van der Waals surface area (Å²) in [6.45, 7) is 8.47. The average Bonchev–Trinajstić information content (AvgIpc) is 3.05. The van der Waals surface area contributed by atoms with E-state index in [1.165, 1.54) is 19.4 Å². The number of para-hydroxylation sites is 1. The number of likely N-dealkylation sites (tertiary alicyclic amines) is 1. The molecule has 1 aromatic heterocycles. The van der Waals surface area contributed by atoms with Gasteiger partial charge >= 0.3 is 0 Å². The van der Waals surface area contributed by atoms with E-state index in [1.54, 1.807) is 0 Å². The number of rotatable bonds is 5. The van der Waals surface area contributed by atoms with Crippen LogP contribution in [0.3, 0.4) is 0 Å². The van der Waals surface area contributed by atoms with Crippen LogP contribution in [-0.2, 0) is 0 Å². The van der Waals surface area contributed by atoms with Crippen LogP contribution in [0.1, 0.15) is 32.3 Å². The minimum Gasteiger partial charge on any atom is -0.354 e. The molecule has 4 heteroatoms. The molecule has 1 aromatic carbocycles. The molecule has 2 aromatic rings. The number of pyridine rings is 1. The molecule has 2 heterocycles. The summed E-state index contributed by atoms with van der Waals surface area (Å²) < 4.78 is 0. The van der Waals surface area contributed by atoms with Crippen molar-refractivity contribution in [3.63, 3.8) is 0 Å². The Kier molecular flexibility index (Phi) is 4.78. The molecule has 1 aliphatic rings. The highest BCUT2D eigenvalue weighted by molar-refractivity contribution is 5.83. The lowest BCUT2D eigenvalue weighted by atomic mass is 10.1. The smallest absolute Gasteiger partial charge is 0.147 e. The van der Waals surface area contributed by atoms with Crippen molar-refractivity contribution in [3.8, 4) is 6.07 Å². The molecule has 0 spiro atoms. The van der Waals surface area contributed by atoms with Crippen molar-refractivity contribution in [2.75, 3.05) is 31.1 Å². The van der Waals surface area contributed by atoms with Crippen LogP contribution in [0.4, 0.5) is 5.82 Å². The third-order valence-electron chi connectivity index (χ3n) is 4.84. The molecule has 120 valence electrons. The van der Waals surface area contributed by atoms with Crippen LogP contribution in [0, 0.1) is 11.3 Å². The molecule has 0 radical (unpaired) electrons. The summed E-state index contributed by atoms with van der Waals surface area (Å²) in [5.41, 5.74) is 1.63. The molecule has 0 bridgehead atoms. The van der Waals surface area contributed by atoms with E-state index in [4.69, 9.17) is 4.98 Å². The van der Waals surface area contributed by atoms with Gasteiger partial charge in [0.1, 0.15) is 11.9 Å². The molecule has 0 amide bonds. The van der Waals surface area contributed by atoms with Gasteiger partial charge in [-0.2, -0.15) is 5.26 Å². The van der Waals surface area contributed by atoms with Gasteiger partial charge in [0.15, 0.2) is 0 Å². The van der Waals surface area contributed by atoms with Gasteiger partial charge in [0.2, 0.25) is 0 Å². The zero-order chi connectivity index (χ0) is 16.2. The van der Waals surface area contributed by atoms with Crippen molar-refractivity contribution in [1.29, 1.82) is 5.26 Å². The highest BCUT2D eigenvalue weighted by Crippen LogP contribution is 2.25. The van der Waals surface area contributed by atoms with Gasteiger partial charge < -0.3 is 4.90 Å². The molecule has 0 saturated carbocycles. The number of nitrogens with zero attached hydrogens (tertiary/aromatic N) is 4. The van der Waals surface area contributed by atoms with Crippen molar-refractivity contribution in [2.24, 2.45) is 0 Å². The second-order valence-corrected chi connectivity index (χ2v) is 6.13. The zero-order valence-corrected chi connectivity index (χ0v) is 14.0. The summed E-state index contributed by atoms with van der Waals surface area (Å²) in [7, 11) is 0. The van der Waals surface area contributed by atoms with E-state index in [1.807, 2.05) is 30.3 Å². The largest absolute Gasteiger partial charge is 0.354 e. The lowest BCUT2D eigenvalue weighted by molar-refractivity contribution is 0.269. The minimum absolute atomic E-state index is 0.569. The molecular weight excluding hydrogens is 284 g/mol. The minimum atomic E-state index is 0.569. The van der Waals surface area contributed by atoms with Crippen molar-refractivity contribution >= 4 is 16.7 Å². The molecule has 4 nitrogen and oxygen atoms in total. The first-order valence-corrected chi connectivity index (χ1v) is 8.55. The summed E-state index contributed by atoms with van der Waals surface area (Å²) >= 11 is 0. The fraction of sp³-hybridized carbons (Fsp3) is 0.474. The van der Waals surface area contributed by atoms with Gasteiger partial charge in [-0.05, 0) is 45.0 Å². The number of anilines is 1. The molecular formula is C19H24N4. The van der Waals surface area contributed by atoms with Gasteiger partial charge in [-0.3, -0.25) is 4.90 Å².